The van der Waals surface area contributed by atoms with Crippen LogP contribution in [-0.2, 0) is 37.0 Å². The van der Waals surface area contributed by atoms with Gasteiger partial charge in [-0.15, -0.1) is 0 Å². The fourth-order valence-corrected chi connectivity index (χ4v) is 5.42. The summed E-state index contributed by atoms with van der Waals surface area (Å²) in [6.45, 7) is 4.44. The highest BCUT2D eigenvalue weighted by atomic mass is 16.7. The number of nitrogens with zero attached hydrogens (tertiary/aromatic N) is 1. The van der Waals surface area contributed by atoms with E-state index < -0.39 is 6.29 Å². The molecule has 0 unspecified atom stereocenters. The third kappa shape index (κ3) is 9.10. The maximum absolute atomic E-state index is 12.4. The number of rotatable bonds is 12. The van der Waals surface area contributed by atoms with Gasteiger partial charge in [0, 0.05) is 51.0 Å². The number of hydrogen-bond donors (Lipinski definition) is 4. The summed E-state index contributed by atoms with van der Waals surface area (Å²) in [5.41, 5.74) is 10.7. The molecule has 0 aromatic heterocycles. The summed E-state index contributed by atoms with van der Waals surface area (Å²) in [4.78, 5) is 27.0. The Kier molecular flexibility index (Phi) is 11.3. The number of anilines is 2. The monoisotopic (exact) mass is 602 g/mol. The van der Waals surface area contributed by atoms with Gasteiger partial charge in [-0.05, 0) is 35.2 Å². The van der Waals surface area contributed by atoms with E-state index >= 15 is 0 Å². The van der Waals surface area contributed by atoms with Crippen LogP contribution in [0.25, 0.3) is 0 Å². The van der Waals surface area contributed by atoms with Crippen LogP contribution in [0.15, 0.2) is 72.8 Å². The normalized spacial score (nSPS) is 20.6. The number of benzene rings is 3. The summed E-state index contributed by atoms with van der Waals surface area (Å²) >= 11 is 0. The molecule has 3 atom stereocenters. The molecule has 10 nitrogen and oxygen atoms in total. The van der Waals surface area contributed by atoms with Crippen LogP contribution in [0.1, 0.15) is 60.3 Å². The van der Waals surface area contributed by atoms with E-state index in [1.807, 2.05) is 48.5 Å². The minimum absolute atomic E-state index is 0.00579. The molecular weight excluding hydrogens is 560 g/mol. The van der Waals surface area contributed by atoms with Crippen LogP contribution in [0, 0.1) is 0 Å². The first-order chi connectivity index (χ1) is 21.5. The first-order valence-electron chi connectivity index (χ1n) is 15.3. The van der Waals surface area contributed by atoms with Gasteiger partial charge in [0.1, 0.15) is 0 Å². The Hall–Kier alpha value is -3.80. The lowest BCUT2D eigenvalue weighted by atomic mass is 9.99. The number of ether oxygens (including phenoxy) is 3. The van der Waals surface area contributed by atoms with Crippen molar-refractivity contribution in [1.29, 1.82) is 0 Å². The van der Waals surface area contributed by atoms with Crippen LogP contribution in [0.5, 0.6) is 0 Å². The summed E-state index contributed by atoms with van der Waals surface area (Å²) in [5.74, 6) is -0.281. The molecule has 2 saturated heterocycles. The standard InChI is InChI=1S/C34H42N4O6/c35-29-4-1-2-5-30(29)37-33(41)7-3-6-32(40)36-21-24-8-14-27(15-9-24)34-43-28(22-38-16-18-42-19-17-38)20-31(44-34)26-12-10-25(23-39)11-13-26/h1-2,4-5,8-15,28,31,34,39H,3,6-7,16-23,35H2,(H,36,40)(H,37,41)/t28-,31+,34+/m1/s1. The number of nitrogen functional groups attached to an aromatic ring is 1. The molecule has 2 heterocycles. The van der Waals surface area contributed by atoms with E-state index in [1.54, 1.807) is 24.3 Å². The Morgan fingerprint density at radius 1 is 0.864 bits per heavy atom. The number of amides is 2. The summed E-state index contributed by atoms with van der Waals surface area (Å²) in [5, 5.41) is 15.2. The summed E-state index contributed by atoms with van der Waals surface area (Å²) in [7, 11) is 0. The first-order valence-corrected chi connectivity index (χ1v) is 15.3. The average molecular weight is 603 g/mol. The second-order valence-electron chi connectivity index (χ2n) is 11.3. The quantitative estimate of drug-likeness (QED) is 0.228. The lowest BCUT2D eigenvalue weighted by Crippen LogP contribution is -2.44. The number of aliphatic hydroxyl groups is 1. The highest BCUT2D eigenvalue weighted by molar-refractivity contribution is 5.93. The van der Waals surface area contributed by atoms with E-state index in [1.165, 1.54) is 0 Å². The lowest BCUT2D eigenvalue weighted by Gasteiger charge is -2.39. The molecule has 0 bridgehead atoms. The van der Waals surface area contributed by atoms with Crippen molar-refractivity contribution in [3.05, 3.63) is 95.1 Å². The number of nitrogens with two attached hydrogens (primary N) is 1. The van der Waals surface area contributed by atoms with E-state index in [9.17, 15) is 14.7 Å². The van der Waals surface area contributed by atoms with Crippen molar-refractivity contribution in [2.24, 2.45) is 0 Å². The van der Waals surface area contributed by atoms with Gasteiger partial charge in [0.15, 0.2) is 6.29 Å². The molecule has 5 rings (SSSR count). The zero-order valence-corrected chi connectivity index (χ0v) is 25.0. The van der Waals surface area contributed by atoms with Gasteiger partial charge >= 0.3 is 0 Å². The minimum Gasteiger partial charge on any atom is -0.397 e. The highest BCUT2D eigenvalue weighted by Crippen LogP contribution is 2.38. The van der Waals surface area contributed by atoms with Crippen molar-refractivity contribution in [2.75, 3.05) is 43.9 Å². The fraction of sp³-hybridized carbons (Fsp3) is 0.412. The van der Waals surface area contributed by atoms with Crippen LogP contribution in [0.4, 0.5) is 11.4 Å². The maximum atomic E-state index is 12.4. The number of aliphatic hydroxyl groups excluding tert-OH is 1. The molecule has 0 spiro atoms. The molecule has 0 aliphatic carbocycles. The summed E-state index contributed by atoms with van der Waals surface area (Å²) in [6, 6.07) is 22.9. The van der Waals surface area contributed by atoms with Crippen molar-refractivity contribution in [1.82, 2.24) is 10.2 Å². The molecule has 10 heteroatoms. The van der Waals surface area contributed by atoms with Gasteiger partial charge in [0.25, 0.3) is 0 Å². The van der Waals surface area contributed by atoms with Gasteiger partial charge in [-0.3, -0.25) is 14.5 Å². The van der Waals surface area contributed by atoms with Crippen molar-refractivity contribution >= 4 is 23.2 Å². The third-order valence-corrected chi connectivity index (χ3v) is 7.96. The van der Waals surface area contributed by atoms with Gasteiger partial charge in [-0.1, -0.05) is 60.7 Å². The van der Waals surface area contributed by atoms with Crippen LogP contribution in [0.2, 0.25) is 0 Å². The van der Waals surface area contributed by atoms with Crippen LogP contribution < -0.4 is 16.4 Å². The molecule has 234 valence electrons. The van der Waals surface area contributed by atoms with Gasteiger partial charge < -0.3 is 35.7 Å². The van der Waals surface area contributed by atoms with E-state index in [-0.39, 0.29) is 43.5 Å². The summed E-state index contributed by atoms with van der Waals surface area (Å²) < 4.78 is 18.4. The highest BCUT2D eigenvalue weighted by Gasteiger charge is 2.33. The molecular formula is C34H42N4O6. The number of morpholine rings is 1. The molecule has 2 amide bonds. The molecule has 3 aromatic rings. The van der Waals surface area contributed by atoms with Gasteiger partial charge in [-0.25, -0.2) is 0 Å². The van der Waals surface area contributed by atoms with Crippen molar-refractivity contribution < 1.29 is 28.9 Å². The van der Waals surface area contributed by atoms with E-state index in [2.05, 4.69) is 15.5 Å². The lowest BCUT2D eigenvalue weighted by molar-refractivity contribution is -0.253. The zero-order valence-electron chi connectivity index (χ0n) is 25.0. The molecule has 2 aliphatic rings. The Balaban J connectivity index is 1.12. The Bertz CT molecular complexity index is 1360. The maximum Gasteiger partial charge on any atom is 0.224 e. The summed E-state index contributed by atoms with van der Waals surface area (Å²) in [6.07, 6.45) is 0.979. The second-order valence-corrected chi connectivity index (χ2v) is 11.3. The Labute approximate surface area is 258 Å². The van der Waals surface area contributed by atoms with Gasteiger partial charge in [0.05, 0.1) is 43.4 Å². The topological polar surface area (TPSA) is 135 Å². The number of para-hydroxylation sites is 2. The van der Waals surface area contributed by atoms with E-state index in [0.29, 0.717) is 24.3 Å². The minimum atomic E-state index is -0.529. The van der Waals surface area contributed by atoms with Crippen molar-refractivity contribution in [2.45, 2.75) is 57.3 Å². The number of carbonyl (C=O) groups excluding carboxylic acids is 2. The molecule has 3 aromatic carbocycles. The predicted molar refractivity (Wildman–Crippen MR) is 167 cm³/mol. The molecule has 2 fully saturated rings. The van der Waals surface area contributed by atoms with Crippen LogP contribution in [0.3, 0.4) is 0 Å². The van der Waals surface area contributed by atoms with Crippen LogP contribution >= 0.6 is 0 Å². The largest absolute Gasteiger partial charge is 0.397 e. The predicted octanol–water partition coefficient (Wildman–Crippen LogP) is 4.06. The Morgan fingerprint density at radius 2 is 1.55 bits per heavy atom. The zero-order chi connectivity index (χ0) is 30.7. The number of carbonyl (C=O) groups is 2. The third-order valence-electron chi connectivity index (χ3n) is 7.96. The van der Waals surface area contributed by atoms with Gasteiger partial charge in [-0.2, -0.15) is 0 Å². The molecule has 2 aliphatic heterocycles. The van der Waals surface area contributed by atoms with Crippen molar-refractivity contribution in [3.8, 4) is 0 Å². The smallest absolute Gasteiger partial charge is 0.224 e. The Morgan fingerprint density at radius 3 is 2.27 bits per heavy atom. The number of hydrogen-bond acceptors (Lipinski definition) is 8. The molecule has 44 heavy (non-hydrogen) atoms. The van der Waals surface area contributed by atoms with Gasteiger partial charge in [0.2, 0.25) is 11.8 Å². The molecule has 0 saturated carbocycles. The number of nitrogens with one attached hydrogen (secondary N) is 2. The van der Waals surface area contributed by atoms with E-state index in [0.717, 1.165) is 61.5 Å². The van der Waals surface area contributed by atoms with Crippen molar-refractivity contribution in [3.63, 3.8) is 0 Å². The SMILES string of the molecule is Nc1ccccc1NC(=O)CCCC(=O)NCc1ccc([C@H]2O[C@@H](CN3CCOCC3)C[C@@H](c3ccc(CO)cc3)O2)cc1. The van der Waals surface area contributed by atoms with Crippen LogP contribution in [-0.4, -0.2) is 60.8 Å². The molecule has 5 N–H and O–H groups in total. The van der Waals surface area contributed by atoms with E-state index in [4.69, 9.17) is 19.9 Å². The first kappa shape index (κ1) is 31.6. The second kappa shape index (κ2) is 15.8. The molecule has 0 radical (unpaired) electrons. The average Bonchev–Trinajstić information content (AvgIpc) is 3.05. The fourth-order valence-electron chi connectivity index (χ4n) is 5.42.